The van der Waals surface area contributed by atoms with Crippen molar-refractivity contribution in [2.75, 3.05) is 18.6 Å². The zero-order valence-corrected chi connectivity index (χ0v) is 11.6. The average molecular weight is 247 g/mol. The van der Waals surface area contributed by atoms with Gasteiger partial charge in [0.05, 0.1) is 18.3 Å². The highest BCUT2D eigenvalue weighted by Crippen LogP contribution is 2.37. The molecule has 1 aromatic rings. The Morgan fingerprint density at radius 1 is 1.33 bits per heavy atom. The minimum atomic E-state index is -0.445. The minimum absolute atomic E-state index is 0.303. The molecule has 1 aromatic carbocycles. The summed E-state index contributed by atoms with van der Waals surface area (Å²) in [6.45, 7) is 6.95. The fraction of sp³-hybridized carbons (Fsp3) is 0.533. The van der Waals surface area contributed by atoms with Gasteiger partial charge in [0.1, 0.15) is 5.75 Å². The van der Waals surface area contributed by atoms with Gasteiger partial charge in [0, 0.05) is 13.0 Å². The van der Waals surface area contributed by atoms with E-state index in [1.807, 2.05) is 26.0 Å². The Morgan fingerprint density at radius 3 is 2.72 bits per heavy atom. The number of nitrogens with zero attached hydrogens (tertiary/aromatic N) is 1. The highest BCUT2D eigenvalue weighted by atomic mass is 16.5. The van der Waals surface area contributed by atoms with Crippen molar-refractivity contribution in [2.45, 2.75) is 39.2 Å². The van der Waals surface area contributed by atoms with Gasteiger partial charge in [-0.1, -0.05) is 6.07 Å². The Balaban J connectivity index is 2.46. The number of aryl methyl sites for hydroxylation is 1. The maximum Gasteiger partial charge on any atom is 0.157 e. The van der Waals surface area contributed by atoms with Crippen LogP contribution in [0, 0.1) is 6.92 Å². The molecule has 1 fully saturated rings. The summed E-state index contributed by atoms with van der Waals surface area (Å²) in [5.41, 5.74) is 1.76. The summed E-state index contributed by atoms with van der Waals surface area (Å²) >= 11 is 0. The molecule has 0 amide bonds. The van der Waals surface area contributed by atoms with Crippen LogP contribution in [0.25, 0.3) is 0 Å². The lowest BCUT2D eigenvalue weighted by Gasteiger charge is -2.43. The first-order valence-electron chi connectivity index (χ1n) is 6.42. The zero-order chi connectivity index (χ0) is 13.3. The lowest BCUT2D eigenvalue weighted by atomic mass is 9.88. The average Bonchev–Trinajstić information content (AvgIpc) is 2.32. The number of anilines is 1. The first-order chi connectivity index (χ1) is 8.46. The molecular weight excluding hydrogens is 226 g/mol. The Labute approximate surface area is 109 Å². The standard InChI is InChI=1S/C15H21NO2/c1-11-7-8-13(18-4)12(10-11)16-9-5-6-14(17)15(16,2)3/h7-8,10H,5-6,9H2,1-4H3. The molecule has 3 nitrogen and oxygen atoms in total. The van der Waals surface area contributed by atoms with E-state index in [2.05, 4.69) is 17.9 Å². The van der Waals surface area contributed by atoms with Gasteiger partial charge in [-0.2, -0.15) is 0 Å². The van der Waals surface area contributed by atoms with Gasteiger partial charge in [0.25, 0.3) is 0 Å². The zero-order valence-electron chi connectivity index (χ0n) is 11.6. The molecule has 2 rings (SSSR count). The fourth-order valence-corrected chi connectivity index (χ4v) is 2.57. The summed E-state index contributed by atoms with van der Waals surface area (Å²) in [4.78, 5) is 14.3. The summed E-state index contributed by atoms with van der Waals surface area (Å²) in [7, 11) is 1.67. The van der Waals surface area contributed by atoms with E-state index in [0.717, 1.165) is 24.4 Å². The molecule has 0 aromatic heterocycles. The van der Waals surface area contributed by atoms with Crippen molar-refractivity contribution in [1.29, 1.82) is 0 Å². The number of hydrogen-bond donors (Lipinski definition) is 0. The number of hydrogen-bond acceptors (Lipinski definition) is 3. The summed E-state index contributed by atoms with van der Waals surface area (Å²) in [5, 5.41) is 0. The van der Waals surface area contributed by atoms with Crippen LogP contribution in [-0.4, -0.2) is 25.0 Å². The Morgan fingerprint density at radius 2 is 2.06 bits per heavy atom. The molecule has 0 unspecified atom stereocenters. The van der Waals surface area contributed by atoms with Crippen LogP contribution in [0.15, 0.2) is 18.2 Å². The smallest absolute Gasteiger partial charge is 0.157 e. The van der Waals surface area contributed by atoms with Gasteiger partial charge in [0.15, 0.2) is 5.78 Å². The topological polar surface area (TPSA) is 29.5 Å². The van der Waals surface area contributed by atoms with E-state index in [4.69, 9.17) is 4.74 Å². The molecule has 0 bridgehead atoms. The lowest BCUT2D eigenvalue weighted by Crippen LogP contribution is -2.54. The number of carbonyl (C=O) groups is 1. The second-order valence-electron chi connectivity index (χ2n) is 5.41. The van der Waals surface area contributed by atoms with Crippen molar-refractivity contribution < 1.29 is 9.53 Å². The maximum atomic E-state index is 12.1. The third-order valence-corrected chi connectivity index (χ3v) is 3.77. The van der Waals surface area contributed by atoms with Gasteiger partial charge in [0.2, 0.25) is 0 Å². The van der Waals surface area contributed by atoms with E-state index in [9.17, 15) is 4.79 Å². The summed E-state index contributed by atoms with van der Waals surface area (Å²) < 4.78 is 5.43. The number of benzene rings is 1. The monoisotopic (exact) mass is 247 g/mol. The molecule has 98 valence electrons. The lowest BCUT2D eigenvalue weighted by molar-refractivity contribution is -0.124. The van der Waals surface area contributed by atoms with Crippen molar-refractivity contribution in [3.8, 4) is 5.75 Å². The molecule has 0 radical (unpaired) electrons. The van der Waals surface area contributed by atoms with Crippen molar-refractivity contribution in [1.82, 2.24) is 0 Å². The van der Waals surface area contributed by atoms with Crippen molar-refractivity contribution in [3.63, 3.8) is 0 Å². The predicted molar refractivity (Wildman–Crippen MR) is 73.4 cm³/mol. The third-order valence-electron chi connectivity index (χ3n) is 3.77. The molecule has 1 heterocycles. The van der Waals surface area contributed by atoms with Crippen LogP contribution in [0.1, 0.15) is 32.3 Å². The van der Waals surface area contributed by atoms with E-state index in [1.54, 1.807) is 7.11 Å². The molecule has 0 aliphatic carbocycles. The van der Waals surface area contributed by atoms with Crippen LogP contribution >= 0.6 is 0 Å². The van der Waals surface area contributed by atoms with Gasteiger partial charge in [-0.15, -0.1) is 0 Å². The van der Waals surface area contributed by atoms with Gasteiger partial charge >= 0.3 is 0 Å². The molecule has 0 spiro atoms. The van der Waals surface area contributed by atoms with Crippen molar-refractivity contribution in [2.24, 2.45) is 0 Å². The second-order valence-corrected chi connectivity index (χ2v) is 5.41. The number of ether oxygens (including phenoxy) is 1. The molecule has 1 saturated heterocycles. The Kier molecular flexibility index (Phi) is 3.33. The minimum Gasteiger partial charge on any atom is -0.495 e. The van der Waals surface area contributed by atoms with E-state index in [-0.39, 0.29) is 0 Å². The SMILES string of the molecule is COc1ccc(C)cc1N1CCCC(=O)C1(C)C. The number of rotatable bonds is 2. The normalized spacial score (nSPS) is 18.9. The molecule has 1 aliphatic rings. The number of methoxy groups -OCH3 is 1. The molecule has 0 atom stereocenters. The number of Topliss-reactive ketones (excluding diaryl/α,β-unsaturated/α-hetero) is 1. The summed E-state index contributed by atoms with van der Waals surface area (Å²) in [6.07, 6.45) is 1.59. The summed E-state index contributed by atoms with van der Waals surface area (Å²) in [6, 6.07) is 6.10. The first-order valence-corrected chi connectivity index (χ1v) is 6.42. The second kappa shape index (κ2) is 4.63. The Bertz CT molecular complexity index is 466. The number of piperidine rings is 1. The predicted octanol–water partition coefficient (Wildman–Crippen LogP) is 2.95. The fourth-order valence-electron chi connectivity index (χ4n) is 2.57. The Hall–Kier alpha value is -1.51. The molecule has 0 N–H and O–H groups in total. The molecule has 3 heteroatoms. The quantitative estimate of drug-likeness (QED) is 0.804. The van der Waals surface area contributed by atoms with Gasteiger partial charge in [-0.3, -0.25) is 4.79 Å². The van der Waals surface area contributed by atoms with Crippen molar-refractivity contribution in [3.05, 3.63) is 23.8 Å². The number of carbonyl (C=O) groups excluding carboxylic acids is 1. The van der Waals surface area contributed by atoms with E-state index in [1.165, 1.54) is 5.56 Å². The molecular formula is C15H21NO2. The van der Waals surface area contributed by atoms with E-state index < -0.39 is 5.54 Å². The van der Waals surface area contributed by atoms with Crippen molar-refractivity contribution >= 4 is 11.5 Å². The molecule has 0 saturated carbocycles. The van der Waals surface area contributed by atoms with Crippen LogP contribution in [-0.2, 0) is 4.79 Å². The third kappa shape index (κ3) is 2.09. The molecule has 1 aliphatic heterocycles. The van der Waals surface area contributed by atoms with E-state index in [0.29, 0.717) is 12.2 Å². The highest BCUT2D eigenvalue weighted by Gasteiger charge is 2.38. The highest BCUT2D eigenvalue weighted by molar-refractivity contribution is 5.92. The molecule has 18 heavy (non-hydrogen) atoms. The largest absolute Gasteiger partial charge is 0.495 e. The maximum absolute atomic E-state index is 12.1. The van der Waals surface area contributed by atoms with Crippen LogP contribution < -0.4 is 9.64 Å². The number of ketones is 1. The first kappa shape index (κ1) is 12.9. The van der Waals surface area contributed by atoms with E-state index >= 15 is 0 Å². The van der Waals surface area contributed by atoms with Crippen LogP contribution in [0.4, 0.5) is 5.69 Å². The van der Waals surface area contributed by atoms with Gasteiger partial charge in [-0.05, 0) is 44.9 Å². The van der Waals surface area contributed by atoms with Crippen LogP contribution in [0.2, 0.25) is 0 Å². The van der Waals surface area contributed by atoms with Gasteiger partial charge in [-0.25, -0.2) is 0 Å². The van der Waals surface area contributed by atoms with Crippen LogP contribution in [0.5, 0.6) is 5.75 Å². The summed E-state index contributed by atoms with van der Waals surface area (Å²) in [5.74, 6) is 1.14. The van der Waals surface area contributed by atoms with Crippen LogP contribution in [0.3, 0.4) is 0 Å². The van der Waals surface area contributed by atoms with Gasteiger partial charge < -0.3 is 9.64 Å².